The molecule has 1 aromatic heterocycles. The van der Waals surface area contributed by atoms with Crippen molar-refractivity contribution in [2.75, 3.05) is 6.54 Å². The molecule has 0 aliphatic heterocycles. The average molecular weight is 233 g/mol. The molecule has 1 unspecified atom stereocenters. The topological polar surface area (TPSA) is 40.7 Å². The van der Waals surface area contributed by atoms with Crippen LogP contribution in [-0.4, -0.2) is 16.5 Å². The Morgan fingerprint density at radius 1 is 1.35 bits per heavy atom. The van der Waals surface area contributed by atoms with Gasteiger partial charge in [-0.15, -0.1) is 0 Å². The molecule has 0 fully saturated rings. The monoisotopic (exact) mass is 233 g/mol. The van der Waals surface area contributed by atoms with Crippen LogP contribution in [0.1, 0.15) is 57.3 Å². The maximum atomic E-state index is 4.41. The van der Waals surface area contributed by atoms with Crippen molar-refractivity contribution in [3.8, 4) is 0 Å². The molecule has 1 aliphatic rings. The van der Waals surface area contributed by atoms with Gasteiger partial charge >= 0.3 is 0 Å². The molecular weight excluding hydrogens is 210 g/mol. The fourth-order valence-electron chi connectivity index (χ4n) is 2.52. The van der Waals surface area contributed by atoms with Gasteiger partial charge in [-0.05, 0) is 37.8 Å². The quantitative estimate of drug-likeness (QED) is 0.783. The molecule has 0 bridgehead atoms. The van der Waals surface area contributed by atoms with E-state index in [4.69, 9.17) is 0 Å². The Labute approximate surface area is 104 Å². The van der Waals surface area contributed by atoms with Crippen molar-refractivity contribution >= 4 is 0 Å². The highest BCUT2D eigenvalue weighted by Crippen LogP contribution is 2.26. The first-order valence-corrected chi connectivity index (χ1v) is 6.83. The van der Waals surface area contributed by atoms with Gasteiger partial charge in [0.25, 0.3) is 0 Å². The first-order chi connectivity index (χ1) is 8.42. The molecule has 1 aromatic rings. The van der Waals surface area contributed by atoms with Crippen molar-refractivity contribution in [2.45, 2.75) is 51.5 Å². The van der Waals surface area contributed by atoms with E-state index in [1.807, 2.05) is 12.4 Å². The van der Waals surface area contributed by atoms with Crippen molar-refractivity contribution < 1.29 is 0 Å². The number of nitrogens with zero attached hydrogens (tertiary/aromatic N) is 1. The summed E-state index contributed by atoms with van der Waals surface area (Å²) in [6, 6.07) is 0.285. The fourth-order valence-corrected chi connectivity index (χ4v) is 2.52. The Bertz CT molecular complexity index is 340. The summed E-state index contributed by atoms with van der Waals surface area (Å²) in [5, 5.41) is 3.54. The minimum Gasteiger partial charge on any atom is -0.347 e. The summed E-state index contributed by atoms with van der Waals surface area (Å²) in [5.41, 5.74) is 1.52. The lowest BCUT2D eigenvalue weighted by Gasteiger charge is -2.21. The van der Waals surface area contributed by atoms with Crippen LogP contribution in [0.25, 0.3) is 0 Å². The lowest BCUT2D eigenvalue weighted by atomic mass is 9.94. The van der Waals surface area contributed by atoms with E-state index >= 15 is 0 Å². The summed E-state index contributed by atoms with van der Waals surface area (Å²) >= 11 is 0. The molecule has 17 heavy (non-hydrogen) atoms. The molecule has 3 nitrogen and oxygen atoms in total. The Kier molecular flexibility index (Phi) is 4.80. The Morgan fingerprint density at radius 3 is 3.00 bits per heavy atom. The summed E-state index contributed by atoms with van der Waals surface area (Å²) in [7, 11) is 0. The van der Waals surface area contributed by atoms with Crippen LogP contribution in [0.4, 0.5) is 0 Å². The van der Waals surface area contributed by atoms with Crippen LogP contribution in [0, 0.1) is 0 Å². The lowest BCUT2D eigenvalue weighted by Crippen LogP contribution is -2.24. The highest BCUT2D eigenvalue weighted by Gasteiger charge is 2.17. The molecule has 94 valence electrons. The largest absolute Gasteiger partial charge is 0.347 e. The predicted molar refractivity (Wildman–Crippen MR) is 70.8 cm³/mol. The summed E-state index contributed by atoms with van der Waals surface area (Å²) in [4.78, 5) is 7.65. The molecule has 0 amide bonds. The van der Waals surface area contributed by atoms with Gasteiger partial charge in [-0.3, -0.25) is 0 Å². The second-order valence-electron chi connectivity index (χ2n) is 4.70. The zero-order chi connectivity index (χ0) is 11.9. The van der Waals surface area contributed by atoms with E-state index in [1.165, 1.54) is 44.1 Å². The van der Waals surface area contributed by atoms with Gasteiger partial charge in [-0.25, -0.2) is 4.98 Å². The van der Waals surface area contributed by atoms with Gasteiger partial charge in [0.1, 0.15) is 5.82 Å². The second kappa shape index (κ2) is 6.60. The highest BCUT2D eigenvalue weighted by molar-refractivity contribution is 5.18. The fraction of sp³-hybridized carbons (Fsp3) is 0.643. The van der Waals surface area contributed by atoms with Crippen LogP contribution in [0.2, 0.25) is 0 Å². The molecule has 3 heteroatoms. The molecule has 2 rings (SSSR count). The Hall–Kier alpha value is -1.09. The maximum Gasteiger partial charge on any atom is 0.127 e. The van der Waals surface area contributed by atoms with Crippen LogP contribution < -0.4 is 5.32 Å². The van der Waals surface area contributed by atoms with E-state index in [2.05, 4.69) is 28.3 Å². The van der Waals surface area contributed by atoms with E-state index in [1.54, 1.807) is 0 Å². The van der Waals surface area contributed by atoms with Crippen LogP contribution in [0.3, 0.4) is 0 Å². The SMILES string of the molecule is CCNC(/C1=C/CCCCCC1)c1ncc[nH]1. The van der Waals surface area contributed by atoms with Gasteiger partial charge in [0.15, 0.2) is 0 Å². The average Bonchev–Trinajstić information content (AvgIpc) is 2.79. The van der Waals surface area contributed by atoms with Crippen LogP contribution >= 0.6 is 0 Å². The molecule has 1 aliphatic carbocycles. The van der Waals surface area contributed by atoms with E-state index in [0.29, 0.717) is 0 Å². The molecule has 2 N–H and O–H groups in total. The molecule has 0 radical (unpaired) electrons. The first kappa shape index (κ1) is 12.4. The van der Waals surface area contributed by atoms with Crippen molar-refractivity contribution in [2.24, 2.45) is 0 Å². The minimum atomic E-state index is 0.285. The van der Waals surface area contributed by atoms with E-state index in [0.717, 1.165) is 12.4 Å². The van der Waals surface area contributed by atoms with Gasteiger partial charge < -0.3 is 10.3 Å². The summed E-state index contributed by atoms with van der Waals surface area (Å²) in [6.45, 7) is 3.13. The number of hydrogen-bond donors (Lipinski definition) is 2. The smallest absolute Gasteiger partial charge is 0.127 e. The number of imidazole rings is 1. The molecular formula is C14H23N3. The first-order valence-electron chi connectivity index (χ1n) is 6.83. The van der Waals surface area contributed by atoms with Crippen LogP contribution in [-0.2, 0) is 0 Å². The van der Waals surface area contributed by atoms with Crippen molar-refractivity contribution in [1.29, 1.82) is 0 Å². The third-order valence-corrected chi connectivity index (χ3v) is 3.40. The van der Waals surface area contributed by atoms with Gasteiger partial charge in [0.2, 0.25) is 0 Å². The molecule has 0 saturated heterocycles. The van der Waals surface area contributed by atoms with Crippen LogP contribution in [0.5, 0.6) is 0 Å². The van der Waals surface area contributed by atoms with Gasteiger partial charge in [-0.1, -0.05) is 25.8 Å². The Balaban J connectivity index is 2.13. The van der Waals surface area contributed by atoms with E-state index < -0.39 is 0 Å². The molecule has 0 spiro atoms. The lowest BCUT2D eigenvalue weighted by molar-refractivity contribution is 0.539. The standard InChI is InChI=1S/C14H23N3/c1-2-15-13(14-16-10-11-17-14)12-8-6-4-3-5-7-9-12/h8,10-11,13,15H,2-7,9H2,1H3,(H,16,17)/b12-8+. The number of hydrogen-bond acceptors (Lipinski definition) is 2. The molecule has 0 aromatic carbocycles. The van der Waals surface area contributed by atoms with E-state index in [9.17, 15) is 0 Å². The van der Waals surface area contributed by atoms with Gasteiger partial charge in [-0.2, -0.15) is 0 Å². The number of H-pyrrole nitrogens is 1. The number of nitrogens with one attached hydrogen (secondary N) is 2. The molecule has 1 heterocycles. The molecule has 0 saturated carbocycles. The summed E-state index contributed by atoms with van der Waals surface area (Å²) in [5.74, 6) is 1.05. The van der Waals surface area contributed by atoms with Crippen LogP contribution in [0.15, 0.2) is 24.0 Å². The molecule has 1 atom stereocenters. The zero-order valence-electron chi connectivity index (χ0n) is 10.7. The highest BCUT2D eigenvalue weighted by atomic mass is 15.0. The third-order valence-electron chi connectivity index (χ3n) is 3.40. The predicted octanol–water partition coefficient (Wildman–Crippen LogP) is 3.34. The van der Waals surface area contributed by atoms with Gasteiger partial charge in [0.05, 0.1) is 6.04 Å². The number of rotatable bonds is 4. The second-order valence-corrected chi connectivity index (χ2v) is 4.70. The summed E-state index contributed by atoms with van der Waals surface area (Å²) < 4.78 is 0. The minimum absolute atomic E-state index is 0.285. The van der Waals surface area contributed by atoms with Crippen molar-refractivity contribution in [3.63, 3.8) is 0 Å². The maximum absolute atomic E-state index is 4.41. The Morgan fingerprint density at radius 2 is 2.24 bits per heavy atom. The number of aromatic amines is 1. The third kappa shape index (κ3) is 3.43. The van der Waals surface area contributed by atoms with Crippen molar-refractivity contribution in [3.05, 3.63) is 29.9 Å². The number of aromatic nitrogens is 2. The number of likely N-dealkylation sites (N-methyl/N-ethyl adjacent to an activating group) is 1. The zero-order valence-corrected chi connectivity index (χ0v) is 10.7. The number of allylic oxidation sites excluding steroid dienone is 1. The van der Waals surface area contributed by atoms with Gasteiger partial charge in [0, 0.05) is 12.4 Å². The normalized spacial score (nSPS) is 22.3. The summed E-state index contributed by atoms with van der Waals surface area (Å²) in [6.07, 6.45) is 14.0. The van der Waals surface area contributed by atoms with E-state index in [-0.39, 0.29) is 6.04 Å². The van der Waals surface area contributed by atoms with Crippen molar-refractivity contribution in [1.82, 2.24) is 15.3 Å².